The SMILES string of the molecule is O=Cc1cc(Cl)ccc1Oc1cc(Cl)c(Cl)cc1Cl. The molecule has 0 unspecified atom stereocenters. The Hall–Kier alpha value is -0.930. The molecule has 0 radical (unpaired) electrons. The van der Waals surface area contributed by atoms with Crippen molar-refractivity contribution in [3.8, 4) is 11.5 Å². The van der Waals surface area contributed by atoms with E-state index in [0.717, 1.165) is 0 Å². The van der Waals surface area contributed by atoms with Crippen molar-refractivity contribution < 1.29 is 9.53 Å². The molecule has 0 saturated carbocycles. The fraction of sp³-hybridized carbons (Fsp3) is 0. The molecular formula is C13H6Cl4O2. The summed E-state index contributed by atoms with van der Waals surface area (Å²) in [4.78, 5) is 11.0. The molecule has 2 aromatic rings. The molecule has 0 amide bonds. The highest BCUT2D eigenvalue weighted by Crippen LogP contribution is 2.37. The number of carbonyl (C=O) groups is 1. The van der Waals surface area contributed by atoms with Crippen molar-refractivity contribution in [3.05, 3.63) is 56.0 Å². The molecule has 0 heterocycles. The lowest BCUT2D eigenvalue weighted by molar-refractivity contribution is 0.112. The molecule has 0 spiro atoms. The Morgan fingerprint density at radius 3 is 2.21 bits per heavy atom. The van der Waals surface area contributed by atoms with Crippen molar-refractivity contribution in [2.75, 3.05) is 0 Å². The van der Waals surface area contributed by atoms with Crippen LogP contribution in [0.1, 0.15) is 10.4 Å². The number of carbonyl (C=O) groups excluding carboxylic acids is 1. The van der Waals surface area contributed by atoms with Gasteiger partial charge in [-0.25, -0.2) is 0 Å². The van der Waals surface area contributed by atoms with Crippen molar-refractivity contribution in [2.24, 2.45) is 0 Å². The highest BCUT2D eigenvalue weighted by atomic mass is 35.5. The first-order valence-corrected chi connectivity index (χ1v) is 6.59. The Bertz CT molecular complexity index is 641. The van der Waals surface area contributed by atoms with E-state index in [1.807, 2.05) is 0 Å². The van der Waals surface area contributed by atoms with E-state index in [1.165, 1.54) is 18.2 Å². The van der Waals surface area contributed by atoms with E-state index >= 15 is 0 Å². The van der Waals surface area contributed by atoms with Crippen molar-refractivity contribution in [1.29, 1.82) is 0 Å². The fourth-order valence-electron chi connectivity index (χ4n) is 1.41. The van der Waals surface area contributed by atoms with E-state index in [9.17, 15) is 4.79 Å². The zero-order valence-electron chi connectivity index (χ0n) is 9.29. The van der Waals surface area contributed by atoms with Gasteiger partial charge in [0.2, 0.25) is 0 Å². The summed E-state index contributed by atoms with van der Waals surface area (Å²) < 4.78 is 5.56. The van der Waals surface area contributed by atoms with Crippen molar-refractivity contribution >= 4 is 52.7 Å². The number of hydrogen-bond donors (Lipinski definition) is 0. The van der Waals surface area contributed by atoms with Crippen LogP contribution in [0.15, 0.2) is 30.3 Å². The van der Waals surface area contributed by atoms with Gasteiger partial charge in [-0.3, -0.25) is 4.79 Å². The molecule has 0 aliphatic carbocycles. The highest BCUT2D eigenvalue weighted by molar-refractivity contribution is 6.43. The third-order valence-corrected chi connectivity index (χ3v) is 3.55. The molecule has 2 aromatic carbocycles. The number of ether oxygens (including phenoxy) is 1. The zero-order chi connectivity index (χ0) is 14.0. The normalized spacial score (nSPS) is 10.3. The van der Waals surface area contributed by atoms with Gasteiger partial charge < -0.3 is 4.74 Å². The van der Waals surface area contributed by atoms with Crippen LogP contribution in [-0.2, 0) is 0 Å². The predicted molar refractivity (Wildman–Crippen MR) is 78.4 cm³/mol. The smallest absolute Gasteiger partial charge is 0.153 e. The minimum atomic E-state index is 0.293. The van der Waals surface area contributed by atoms with Gasteiger partial charge in [-0.2, -0.15) is 0 Å². The summed E-state index contributed by atoms with van der Waals surface area (Å²) in [5.41, 5.74) is 0.314. The number of halogens is 4. The minimum Gasteiger partial charge on any atom is -0.455 e. The third-order valence-electron chi connectivity index (χ3n) is 2.29. The van der Waals surface area contributed by atoms with Gasteiger partial charge in [0.1, 0.15) is 11.5 Å². The number of hydrogen-bond acceptors (Lipinski definition) is 2. The van der Waals surface area contributed by atoms with Crippen LogP contribution >= 0.6 is 46.4 Å². The number of benzene rings is 2. The van der Waals surface area contributed by atoms with Crippen LogP contribution in [0.4, 0.5) is 0 Å². The maximum atomic E-state index is 11.0. The van der Waals surface area contributed by atoms with Crippen molar-refractivity contribution in [2.45, 2.75) is 0 Å². The molecule has 0 aliphatic rings. The topological polar surface area (TPSA) is 26.3 Å². The van der Waals surface area contributed by atoms with E-state index < -0.39 is 0 Å². The Morgan fingerprint density at radius 2 is 1.53 bits per heavy atom. The minimum absolute atomic E-state index is 0.293. The summed E-state index contributed by atoms with van der Waals surface area (Å²) in [6, 6.07) is 7.63. The Balaban J connectivity index is 2.41. The molecule has 0 bridgehead atoms. The van der Waals surface area contributed by atoms with Crippen molar-refractivity contribution in [3.63, 3.8) is 0 Å². The molecule has 6 heteroatoms. The summed E-state index contributed by atoms with van der Waals surface area (Å²) in [6.45, 7) is 0. The largest absolute Gasteiger partial charge is 0.455 e. The average Bonchev–Trinajstić information content (AvgIpc) is 2.37. The van der Waals surface area contributed by atoms with Gasteiger partial charge in [0.05, 0.1) is 20.6 Å². The molecule has 2 rings (SSSR count). The quantitative estimate of drug-likeness (QED) is 0.515. The lowest BCUT2D eigenvalue weighted by Gasteiger charge is -2.10. The molecule has 0 aromatic heterocycles. The van der Waals surface area contributed by atoms with Crippen LogP contribution < -0.4 is 4.74 Å². The van der Waals surface area contributed by atoms with E-state index in [4.69, 9.17) is 51.1 Å². The summed E-state index contributed by atoms with van der Waals surface area (Å²) in [5.74, 6) is 0.640. The monoisotopic (exact) mass is 334 g/mol. The average molecular weight is 336 g/mol. The molecule has 0 fully saturated rings. The van der Waals surface area contributed by atoms with Crippen LogP contribution in [0, 0.1) is 0 Å². The lowest BCUT2D eigenvalue weighted by Crippen LogP contribution is -1.91. The van der Waals surface area contributed by atoms with E-state index in [-0.39, 0.29) is 0 Å². The Labute approximate surface area is 129 Å². The summed E-state index contributed by atoms with van der Waals surface area (Å²) in [5, 5.41) is 1.37. The summed E-state index contributed by atoms with van der Waals surface area (Å²) >= 11 is 23.5. The second kappa shape index (κ2) is 6.02. The van der Waals surface area contributed by atoms with Crippen LogP contribution in [0.25, 0.3) is 0 Å². The Kier molecular flexibility index (Phi) is 4.58. The molecule has 2 nitrogen and oxygen atoms in total. The second-order valence-electron chi connectivity index (χ2n) is 3.60. The Morgan fingerprint density at radius 1 is 0.842 bits per heavy atom. The fourth-order valence-corrected chi connectivity index (χ4v) is 2.16. The predicted octanol–water partition coefficient (Wildman–Crippen LogP) is 5.91. The van der Waals surface area contributed by atoms with E-state index in [2.05, 4.69) is 0 Å². The standard InChI is InChI=1S/C13H6Cl4O2/c14-8-1-2-12(7(3-8)6-18)19-13-5-10(16)9(15)4-11(13)17/h1-6H. The van der Waals surface area contributed by atoms with Gasteiger partial charge in [-0.05, 0) is 24.3 Å². The lowest BCUT2D eigenvalue weighted by atomic mass is 10.2. The molecule has 0 aliphatic heterocycles. The first-order chi connectivity index (χ1) is 9.01. The molecule has 0 atom stereocenters. The van der Waals surface area contributed by atoms with E-state index in [0.29, 0.717) is 43.4 Å². The van der Waals surface area contributed by atoms with Crippen LogP contribution in [0.3, 0.4) is 0 Å². The van der Waals surface area contributed by atoms with Gasteiger partial charge in [0.15, 0.2) is 6.29 Å². The second-order valence-corrected chi connectivity index (χ2v) is 5.26. The highest BCUT2D eigenvalue weighted by Gasteiger charge is 2.11. The maximum Gasteiger partial charge on any atom is 0.153 e. The third kappa shape index (κ3) is 3.34. The number of rotatable bonds is 3. The van der Waals surface area contributed by atoms with E-state index in [1.54, 1.807) is 12.1 Å². The number of aldehydes is 1. The maximum absolute atomic E-state index is 11.0. The first kappa shape index (κ1) is 14.5. The molecule has 0 N–H and O–H groups in total. The van der Waals surface area contributed by atoms with Crippen molar-refractivity contribution in [1.82, 2.24) is 0 Å². The molecule has 98 valence electrons. The summed E-state index contributed by atoms with van der Waals surface area (Å²) in [6.07, 6.45) is 0.645. The zero-order valence-corrected chi connectivity index (χ0v) is 12.3. The van der Waals surface area contributed by atoms with Crippen LogP contribution in [0.2, 0.25) is 20.1 Å². The van der Waals surface area contributed by atoms with Gasteiger partial charge in [0.25, 0.3) is 0 Å². The van der Waals surface area contributed by atoms with Gasteiger partial charge in [-0.15, -0.1) is 0 Å². The molecule has 0 saturated heterocycles. The molecular weight excluding hydrogens is 330 g/mol. The molecule has 19 heavy (non-hydrogen) atoms. The summed E-state index contributed by atoms with van der Waals surface area (Å²) in [7, 11) is 0. The first-order valence-electron chi connectivity index (χ1n) is 5.08. The van der Waals surface area contributed by atoms with Crippen LogP contribution in [-0.4, -0.2) is 6.29 Å². The van der Waals surface area contributed by atoms with Crippen LogP contribution in [0.5, 0.6) is 11.5 Å². The van der Waals surface area contributed by atoms with Gasteiger partial charge >= 0.3 is 0 Å². The van der Waals surface area contributed by atoms with Gasteiger partial charge in [0, 0.05) is 11.1 Å². The van der Waals surface area contributed by atoms with Gasteiger partial charge in [-0.1, -0.05) is 46.4 Å².